The summed E-state index contributed by atoms with van der Waals surface area (Å²) in [5.41, 5.74) is -0.0982. The van der Waals surface area contributed by atoms with Crippen molar-refractivity contribution in [3.63, 3.8) is 0 Å². The molecule has 0 aromatic carbocycles. The number of H-pyrrole nitrogens is 1. The zero-order valence-electron chi connectivity index (χ0n) is 9.56. The molecule has 0 saturated heterocycles. The van der Waals surface area contributed by atoms with E-state index in [-0.39, 0.29) is 17.3 Å². The van der Waals surface area contributed by atoms with E-state index in [2.05, 4.69) is 15.5 Å². The van der Waals surface area contributed by atoms with E-state index in [1.54, 1.807) is 12.1 Å². The van der Waals surface area contributed by atoms with Gasteiger partial charge in [-0.2, -0.15) is 5.10 Å². The lowest BCUT2D eigenvalue weighted by molar-refractivity contribution is 0.0690. The van der Waals surface area contributed by atoms with E-state index in [1.165, 1.54) is 6.07 Å². The summed E-state index contributed by atoms with van der Waals surface area (Å²) in [5.74, 6) is -0.626. The Kier molecular flexibility index (Phi) is 3.13. The number of carboxylic acids is 1. The number of hydrogen-bond donors (Lipinski definition) is 3. The molecule has 2 heterocycles. The molecule has 0 aliphatic heterocycles. The van der Waals surface area contributed by atoms with Gasteiger partial charge in [-0.3, -0.25) is 9.89 Å². The quantitative estimate of drug-likeness (QED) is 0.761. The monoisotopic (exact) mass is 249 g/mol. The molecule has 2 aromatic rings. The first-order valence-electron chi connectivity index (χ1n) is 5.29. The number of nitrogens with zero attached hydrogens (tertiary/aromatic N) is 1. The topological polar surface area (TPSA) is 108 Å². The Hall–Kier alpha value is -2.57. The average molecular weight is 249 g/mol. The third-order valence-electron chi connectivity index (χ3n) is 2.28. The first kappa shape index (κ1) is 11.9. The van der Waals surface area contributed by atoms with Gasteiger partial charge in [-0.05, 0) is 12.1 Å². The van der Waals surface area contributed by atoms with Crippen LogP contribution in [-0.2, 0) is 6.42 Å². The van der Waals surface area contributed by atoms with Crippen LogP contribution in [0.2, 0.25) is 0 Å². The number of carboxylic acid groups (broad SMARTS) is 1. The highest BCUT2D eigenvalue weighted by Crippen LogP contribution is 2.11. The molecule has 2 aromatic heterocycles. The van der Waals surface area contributed by atoms with E-state index in [1.807, 2.05) is 6.92 Å². The Balaban J connectivity index is 2.08. The summed E-state index contributed by atoms with van der Waals surface area (Å²) in [4.78, 5) is 22.3. The summed E-state index contributed by atoms with van der Waals surface area (Å²) in [6, 6.07) is 4.49. The number of nitrogens with one attached hydrogen (secondary N) is 2. The Bertz CT molecular complexity index is 585. The van der Waals surface area contributed by atoms with Crippen LogP contribution in [0.3, 0.4) is 0 Å². The van der Waals surface area contributed by atoms with Crippen LogP contribution >= 0.6 is 0 Å². The molecule has 18 heavy (non-hydrogen) atoms. The molecular formula is C11H11N3O4. The zero-order valence-corrected chi connectivity index (χ0v) is 9.56. The van der Waals surface area contributed by atoms with Crippen molar-refractivity contribution in [2.75, 3.05) is 5.32 Å². The van der Waals surface area contributed by atoms with Crippen LogP contribution < -0.4 is 5.32 Å². The number of rotatable bonds is 4. The molecular weight excluding hydrogens is 238 g/mol. The number of aromatic nitrogens is 2. The first-order chi connectivity index (χ1) is 8.60. The highest BCUT2D eigenvalue weighted by molar-refractivity contribution is 6.02. The molecule has 1 amide bonds. The summed E-state index contributed by atoms with van der Waals surface area (Å²) < 4.78 is 5.25. The number of amides is 1. The number of hydrogen-bond acceptors (Lipinski definition) is 4. The van der Waals surface area contributed by atoms with Gasteiger partial charge in [0.15, 0.2) is 11.6 Å². The summed E-state index contributed by atoms with van der Waals surface area (Å²) in [6.45, 7) is 1.91. The van der Waals surface area contributed by atoms with Crippen LogP contribution in [0.5, 0.6) is 0 Å². The van der Waals surface area contributed by atoms with Crippen molar-refractivity contribution in [3.8, 4) is 0 Å². The smallest absolute Gasteiger partial charge is 0.353 e. The fourth-order valence-electron chi connectivity index (χ4n) is 1.36. The molecule has 7 nitrogen and oxygen atoms in total. The second kappa shape index (κ2) is 4.74. The van der Waals surface area contributed by atoms with E-state index in [9.17, 15) is 9.59 Å². The van der Waals surface area contributed by atoms with E-state index in [0.29, 0.717) is 12.2 Å². The molecule has 0 bridgehead atoms. The fraction of sp³-hybridized carbons (Fsp3) is 0.182. The van der Waals surface area contributed by atoms with Crippen LogP contribution in [0.4, 0.5) is 5.82 Å². The number of aryl methyl sites for hydroxylation is 1. The number of carbonyl (C=O) groups excluding carboxylic acids is 1. The van der Waals surface area contributed by atoms with Gasteiger partial charge in [-0.15, -0.1) is 0 Å². The Morgan fingerprint density at radius 1 is 1.50 bits per heavy atom. The number of anilines is 1. The van der Waals surface area contributed by atoms with Gasteiger partial charge in [0.1, 0.15) is 11.5 Å². The van der Waals surface area contributed by atoms with Gasteiger partial charge in [-0.25, -0.2) is 4.79 Å². The van der Waals surface area contributed by atoms with E-state index in [4.69, 9.17) is 9.52 Å². The molecule has 0 aliphatic rings. The van der Waals surface area contributed by atoms with E-state index in [0.717, 1.165) is 0 Å². The number of aromatic carboxylic acids is 1. The summed E-state index contributed by atoms with van der Waals surface area (Å²) >= 11 is 0. The largest absolute Gasteiger partial charge is 0.477 e. The van der Waals surface area contributed by atoms with E-state index >= 15 is 0 Å². The van der Waals surface area contributed by atoms with Crippen molar-refractivity contribution in [3.05, 3.63) is 35.4 Å². The highest BCUT2D eigenvalue weighted by Gasteiger charge is 2.14. The Morgan fingerprint density at radius 3 is 2.83 bits per heavy atom. The standard InChI is InChI=1S/C11H11N3O4/c1-2-6-3-4-8(18-6)10(15)12-9-5-7(11(16)17)13-14-9/h3-5H,2H2,1H3,(H,16,17)(H2,12,13,14,15). The second-order valence-corrected chi connectivity index (χ2v) is 3.55. The van der Waals surface area contributed by atoms with Crippen molar-refractivity contribution >= 4 is 17.7 Å². The lowest BCUT2D eigenvalue weighted by atomic mass is 10.3. The first-order valence-corrected chi connectivity index (χ1v) is 5.29. The van der Waals surface area contributed by atoms with Gasteiger partial charge in [0.25, 0.3) is 5.91 Å². The normalized spacial score (nSPS) is 10.3. The molecule has 0 spiro atoms. The Morgan fingerprint density at radius 2 is 2.28 bits per heavy atom. The molecule has 7 heteroatoms. The lowest BCUT2D eigenvalue weighted by Gasteiger charge is -1.97. The van der Waals surface area contributed by atoms with E-state index < -0.39 is 11.9 Å². The lowest BCUT2D eigenvalue weighted by Crippen LogP contribution is -2.11. The predicted molar refractivity (Wildman–Crippen MR) is 61.6 cm³/mol. The van der Waals surface area contributed by atoms with Crippen molar-refractivity contribution in [2.24, 2.45) is 0 Å². The van der Waals surface area contributed by atoms with Crippen LogP contribution in [0.15, 0.2) is 22.6 Å². The van der Waals surface area contributed by atoms with Crippen LogP contribution in [0, 0.1) is 0 Å². The molecule has 94 valence electrons. The third-order valence-corrected chi connectivity index (χ3v) is 2.28. The van der Waals surface area contributed by atoms with Crippen molar-refractivity contribution in [1.29, 1.82) is 0 Å². The minimum absolute atomic E-state index is 0.0982. The van der Waals surface area contributed by atoms with Crippen LogP contribution in [0.1, 0.15) is 33.7 Å². The van der Waals surface area contributed by atoms with Gasteiger partial charge < -0.3 is 14.8 Å². The average Bonchev–Trinajstić information content (AvgIpc) is 2.96. The molecule has 0 saturated carbocycles. The van der Waals surface area contributed by atoms with Crippen molar-refractivity contribution < 1.29 is 19.1 Å². The number of furan rings is 1. The predicted octanol–water partition coefficient (Wildman–Crippen LogP) is 1.52. The van der Waals surface area contributed by atoms with Crippen molar-refractivity contribution in [2.45, 2.75) is 13.3 Å². The van der Waals surface area contributed by atoms with Crippen LogP contribution in [-0.4, -0.2) is 27.2 Å². The SMILES string of the molecule is CCc1ccc(C(=O)Nc2cc(C(=O)O)[nH]n2)o1. The highest BCUT2D eigenvalue weighted by atomic mass is 16.4. The molecule has 0 unspecified atom stereocenters. The molecule has 0 fully saturated rings. The molecule has 3 N–H and O–H groups in total. The van der Waals surface area contributed by atoms with Crippen LogP contribution in [0.25, 0.3) is 0 Å². The van der Waals surface area contributed by atoms with Gasteiger partial charge in [0, 0.05) is 12.5 Å². The second-order valence-electron chi connectivity index (χ2n) is 3.55. The summed E-state index contributed by atoms with van der Waals surface area (Å²) in [5, 5.41) is 17.0. The molecule has 0 radical (unpaired) electrons. The van der Waals surface area contributed by atoms with Gasteiger partial charge in [0.05, 0.1) is 0 Å². The Labute approximate surface area is 102 Å². The maximum absolute atomic E-state index is 11.7. The molecule has 0 atom stereocenters. The van der Waals surface area contributed by atoms with Crippen molar-refractivity contribution in [1.82, 2.24) is 10.2 Å². The summed E-state index contributed by atoms with van der Waals surface area (Å²) in [6.07, 6.45) is 0.693. The third kappa shape index (κ3) is 2.40. The van der Waals surface area contributed by atoms with Gasteiger partial charge in [0.2, 0.25) is 0 Å². The maximum atomic E-state index is 11.7. The minimum atomic E-state index is -1.14. The molecule has 2 rings (SSSR count). The fourth-order valence-corrected chi connectivity index (χ4v) is 1.36. The molecule has 0 aliphatic carbocycles. The van der Waals surface area contributed by atoms with Gasteiger partial charge >= 0.3 is 5.97 Å². The summed E-state index contributed by atoms with van der Waals surface area (Å²) in [7, 11) is 0. The number of aromatic amines is 1. The number of carbonyl (C=O) groups is 2. The van der Waals surface area contributed by atoms with Gasteiger partial charge in [-0.1, -0.05) is 6.92 Å². The minimum Gasteiger partial charge on any atom is -0.477 e. The maximum Gasteiger partial charge on any atom is 0.353 e. The zero-order chi connectivity index (χ0) is 13.1.